The number of piperazine rings is 1. The number of carbonyl (C=O) groups is 2. The van der Waals surface area contributed by atoms with Crippen LogP contribution in [0.1, 0.15) is 40.5 Å². The summed E-state index contributed by atoms with van der Waals surface area (Å²) in [7, 11) is 5.81. The van der Waals surface area contributed by atoms with Crippen LogP contribution in [-0.2, 0) is 0 Å². The molecule has 3 aliphatic heterocycles. The molecule has 0 unspecified atom stereocenters. The third kappa shape index (κ3) is 5.81. The van der Waals surface area contributed by atoms with Crippen LogP contribution >= 0.6 is 11.6 Å². The average molecular weight is 618 g/mol. The number of rotatable bonds is 6. The summed E-state index contributed by atoms with van der Waals surface area (Å²) in [4.78, 5) is 41.8. The number of nitrogens with one attached hydrogen (secondary N) is 1. The van der Waals surface area contributed by atoms with Crippen molar-refractivity contribution in [1.82, 2.24) is 19.7 Å². The largest absolute Gasteiger partial charge is 0.492 e. The number of anilines is 5. The van der Waals surface area contributed by atoms with Crippen LogP contribution in [0.2, 0.25) is 5.02 Å². The molecule has 0 bridgehead atoms. The van der Waals surface area contributed by atoms with Gasteiger partial charge >= 0.3 is 0 Å². The molecule has 1 aromatic heterocycles. The first-order valence-corrected chi connectivity index (χ1v) is 15.7. The maximum Gasteiger partial charge on any atom is 0.260 e. The van der Waals surface area contributed by atoms with Crippen molar-refractivity contribution < 1.29 is 14.3 Å². The van der Waals surface area contributed by atoms with E-state index in [-0.39, 0.29) is 11.8 Å². The highest BCUT2D eigenvalue weighted by Gasteiger charge is 2.31. The summed E-state index contributed by atoms with van der Waals surface area (Å²) >= 11 is 6.56. The zero-order valence-electron chi connectivity index (χ0n) is 25.8. The number of hydrogen-bond acceptors (Lipinski definition) is 8. The van der Waals surface area contributed by atoms with Gasteiger partial charge in [-0.05, 0) is 70.2 Å². The first-order valence-electron chi connectivity index (χ1n) is 15.3. The summed E-state index contributed by atoms with van der Waals surface area (Å²) < 4.78 is 5.99. The Labute approximate surface area is 264 Å². The van der Waals surface area contributed by atoms with Gasteiger partial charge in [0.1, 0.15) is 11.6 Å². The van der Waals surface area contributed by atoms with Crippen LogP contribution in [0.15, 0.2) is 48.7 Å². The van der Waals surface area contributed by atoms with Crippen LogP contribution in [0.3, 0.4) is 0 Å². The highest BCUT2D eigenvalue weighted by atomic mass is 35.5. The number of piperidine rings is 1. The van der Waals surface area contributed by atoms with Crippen molar-refractivity contribution >= 4 is 52.0 Å². The Hall–Kier alpha value is -3.86. The van der Waals surface area contributed by atoms with E-state index in [9.17, 15) is 9.59 Å². The summed E-state index contributed by atoms with van der Waals surface area (Å²) in [5, 5.41) is 3.86. The second-order valence-electron chi connectivity index (χ2n) is 11.7. The molecule has 0 atom stereocenters. The molecule has 1 N–H and O–H groups in total. The maximum absolute atomic E-state index is 13.5. The van der Waals surface area contributed by atoms with Gasteiger partial charge in [0.2, 0.25) is 0 Å². The van der Waals surface area contributed by atoms with Gasteiger partial charge in [-0.15, -0.1) is 0 Å². The van der Waals surface area contributed by atoms with Crippen molar-refractivity contribution in [3.8, 4) is 5.75 Å². The molecule has 44 heavy (non-hydrogen) atoms. The van der Waals surface area contributed by atoms with Crippen LogP contribution in [0.25, 0.3) is 0 Å². The summed E-state index contributed by atoms with van der Waals surface area (Å²) in [5.74, 6) is 1.01. The normalized spacial score (nSPS) is 18.1. The lowest BCUT2D eigenvalue weighted by atomic mass is 10.0. The molecule has 2 amide bonds. The fourth-order valence-electron chi connectivity index (χ4n) is 6.48. The Morgan fingerprint density at radius 1 is 0.977 bits per heavy atom. The minimum absolute atomic E-state index is 0.0218. The lowest BCUT2D eigenvalue weighted by molar-refractivity contribution is 0.0475. The summed E-state index contributed by atoms with van der Waals surface area (Å²) in [6, 6.07) is 13.4. The summed E-state index contributed by atoms with van der Waals surface area (Å²) in [6.45, 7) is 7.92. The lowest BCUT2D eigenvalue weighted by Crippen LogP contribution is -2.54. The molecule has 3 aromatic rings. The fraction of sp³-hybridized carbons (Fsp3) is 0.424. The van der Waals surface area contributed by atoms with Gasteiger partial charge in [-0.2, -0.15) is 0 Å². The number of fused-ring (bicyclic) bond motifs is 2. The quantitative estimate of drug-likeness (QED) is 0.410. The van der Waals surface area contributed by atoms with Gasteiger partial charge in [-0.25, -0.2) is 4.98 Å². The van der Waals surface area contributed by atoms with Gasteiger partial charge in [-0.1, -0.05) is 17.7 Å². The van der Waals surface area contributed by atoms with Crippen LogP contribution < -0.4 is 19.9 Å². The minimum atomic E-state index is -0.155. The number of carbonyl (C=O) groups excluding carboxylic acids is 2. The number of hydrogen-bond donors (Lipinski definition) is 1. The van der Waals surface area contributed by atoms with Crippen LogP contribution in [0.5, 0.6) is 5.75 Å². The van der Waals surface area contributed by atoms with E-state index < -0.39 is 0 Å². The van der Waals surface area contributed by atoms with Gasteiger partial charge in [0.05, 0.1) is 46.1 Å². The number of likely N-dealkylation sites (tertiary alicyclic amines) is 1. The van der Waals surface area contributed by atoms with Crippen molar-refractivity contribution in [3.05, 3.63) is 64.8 Å². The monoisotopic (exact) mass is 617 g/mol. The molecule has 4 heterocycles. The van der Waals surface area contributed by atoms with Crippen molar-refractivity contribution in [2.75, 3.05) is 82.1 Å². The van der Waals surface area contributed by atoms with Gasteiger partial charge in [-0.3, -0.25) is 14.5 Å². The lowest BCUT2D eigenvalue weighted by Gasteiger charge is -2.42. The van der Waals surface area contributed by atoms with E-state index in [0.29, 0.717) is 57.4 Å². The molecule has 2 fully saturated rings. The zero-order chi connectivity index (χ0) is 31.0. The number of halogens is 1. The third-order valence-corrected chi connectivity index (χ3v) is 9.34. The van der Waals surface area contributed by atoms with E-state index in [2.05, 4.69) is 27.1 Å². The Kier molecular flexibility index (Phi) is 8.66. The van der Waals surface area contributed by atoms with Crippen molar-refractivity contribution in [2.45, 2.75) is 25.8 Å². The molecule has 3 aliphatic rings. The minimum Gasteiger partial charge on any atom is -0.492 e. The highest BCUT2D eigenvalue weighted by Crippen LogP contribution is 2.43. The molecule has 6 rings (SSSR count). The number of amides is 2. The molecule has 0 aliphatic carbocycles. The average Bonchev–Trinajstić information content (AvgIpc) is 3.11. The standard InChI is InChI=1S/C33H40ClN7O3/c1-5-44-29-19-22(32(42)41-17-15-40(16-18-41)23-11-13-37(2)14-12-23)9-10-26(29)36-30-20-27-28(21-35-30)39(4)33(43)24-7-6-8-25(34)31(24)38(27)3/h6-10,19-21,23H,5,11-18H2,1-4H3,(H,35,36). The predicted molar refractivity (Wildman–Crippen MR) is 175 cm³/mol. The third-order valence-electron chi connectivity index (χ3n) is 9.04. The molecular formula is C33H40ClN7O3. The Balaban J connectivity index is 1.20. The maximum atomic E-state index is 13.5. The van der Waals surface area contributed by atoms with Crippen LogP contribution in [0, 0.1) is 0 Å². The van der Waals surface area contributed by atoms with Gasteiger partial charge in [0, 0.05) is 57.9 Å². The zero-order valence-corrected chi connectivity index (χ0v) is 26.6. The molecule has 232 valence electrons. The topological polar surface area (TPSA) is 84.5 Å². The number of para-hydroxylation sites is 1. The Morgan fingerprint density at radius 2 is 1.73 bits per heavy atom. The molecule has 2 aromatic carbocycles. The molecule has 0 spiro atoms. The number of ether oxygens (including phenoxy) is 1. The van der Waals surface area contributed by atoms with Crippen molar-refractivity contribution in [3.63, 3.8) is 0 Å². The van der Waals surface area contributed by atoms with Crippen molar-refractivity contribution in [1.29, 1.82) is 0 Å². The van der Waals surface area contributed by atoms with E-state index in [1.807, 2.05) is 48.0 Å². The van der Waals surface area contributed by atoms with E-state index in [0.717, 1.165) is 45.0 Å². The first kappa shape index (κ1) is 30.2. The smallest absolute Gasteiger partial charge is 0.260 e. The van der Waals surface area contributed by atoms with E-state index >= 15 is 0 Å². The summed E-state index contributed by atoms with van der Waals surface area (Å²) in [6.07, 6.45) is 4.07. The molecular weight excluding hydrogens is 578 g/mol. The van der Waals surface area contributed by atoms with Gasteiger partial charge in [0.15, 0.2) is 0 Å². The number of aromatic nitrogens is 1. The number of benzene rings is 2. The van der Waals surface area contributed by atoms with E-state index in [1.54, 1.807) is 36.3 Å². The number of pyridine rings is 1. The van der Waals surface area contributed by atoms with Crippen LogP contribution in [-0.4, -0.2) is 105 Å². The predicted octanol–water partition coefficient (Wildman–Crippen LogP) is 5.09. The Morgan fingerprint density at radius 3 is 2.45 bits per heavy atom. The first-order chi connectivity index (χ1) is 21.2. The SMILES string of the molecule is CCOc1cc(C(=O)N2CCN(C3CCN(C)CC3)CC2)ccc1Nc1cc2c(cn1)N(C)C(=O)c1cccc(Cl)c1N2C. The second-order valence-corrected chi connectivity index (χ2v) is 12.2. The molecule has 10 nitrogen and oxygen atoms in total. The highest BCUT2D eigenvalue weighted by molar-refractivity contribution is 6.35. The molecule has 0 saturated carbocycles. The summed E-state index contributed by atoms with van der Waals surface area (Å²) in [5.41, 5.74) is 3.91. The van der Waals surface area contributed by atoms with Crippen LogP contribution in [0.4, 0.5) is 28.6 Å². The van der Waals surface area contributed by atoms with E-state index in [4.69, 9.17) is 16.3 Å². The second kappa shape index (κ2) is 12.6. The molecule has 11 heteroatoms. The van der Waals surface area contributed by atoms with E-state index in [1.165, 1.54) is 12.8 Å². The number of nitrogens with zero attached hydrogens (tertiary/aromatic N) is 6. The molecule has 0 radical (unpaired) electrons. The fourth-order valence-corrected chi connectivity index (χ4v) is 6.78. The van der Waals surface area contributed by atoms with Crippen molar-refractivity contribution in [2.24, 2.45) is 0 Å². The molecule has 2 saturated heterocycles. The van der Waals surface area contributed by atoms with Gasteiger partial charge < -0.3 is 29.7 Å². The van der Waals surface area contributed by atoms with Gasteiger partial charge in [0.25, 0.3) is 11.8 Å². The Bertz CT molecular complexity index is 1550.